The molecule has 1 heterocycles. The van der Waals surface area contributed by atoms with E-state index in [1.54, 1.807) is 0 Å². The van der Waals surface area contributed by atoms with E-state index >= 15 is 0 Å². The minimum absolute atomic E-state index is 0.650. The average Bonchev–Trinajstić information content (AvgIpc) is 2.85. The summed E-state index contributed by atoms with van der Waals surface area (Å²) in [6, 6.07) is 8.49. The number of para-hydroxylation sites is 2. The highest BCUT2D eigenvalue weighted by Gasteiger charge is 2.21. The molecule has 102 valence electrons. The normalized spacial score (nSPS) is 17.1. The van der Waals surface area contributed by atoms with Crippen LogP contribution in [0.25, 0.3) is 11.0 Å². The van der Waals surface area contributed by atoms with Gasteiger partial charge in [-0.15, -0.1) is 11.6 Å². The Morgan fingerprint density at radius 1 is 1.16 bits per heavy atom. The molecule has 0 spiro atoms. The number of aromatic nitrogens is 2. The third kappa shape index (κ3) is 2.64. The van der Waals surface area contributed by atoms with E-state index in [0.29, 0.717) is 5.92 Å². The van der Waals surface area contributed by atoms with Crippen molar-refractivity contribution in [2.24, 2.45) is 0 Å². The van der Waals surface area contributed by atoms with E-state index in [2.05, 4.69) is 28.8 Å². The molecule has 1 aromatic heterocycles. The topological polar surface area (TPSA) is 17.8 Å². The predicted octanol–water partition coefficient (Wildman–Crippen LogP) is 4.71. The molecule has 0 N–H and O–H groups in total. The second-order valence-corrected chi connectivity index (χ2v) is 5.87. The largest absolute Gasteiger partial charge is 0.328 e. The monoisotopic (exact) mass is 276 g/mol. The lowest BCUT2D eigenvalue weighted by atomic mass is 9.88. The van der Waals surface area contributed by atoms with Crippen molar-refractivity contribution in [2.75, 3.05) is 5.88 Å². The number of fused-ring (bicyclic) bond motifs is 1. The van der Waals surface area contributed by atoms with Crippen LogP contribution in [0.4, 0.5) is 0 Å². The molecule has 0 unspecified atom stereocenters. The summed E-state index contributed by atoms with van der Waals surface area (Å²) >= 11 is 5.87. The number of hydrogen-bond acceptors (Lipinski definition) is 1. The second kappa shape index (κ2) is 5.96. The Labute approximate surface area is 119 Å². The van der Waals surface area contributed by atoms with Gasteiger partial charge in [0, 0.05) is 18.3 Å². The Hall–Kier alpha value is -1.02. The smallest absolute Gasteiger partial charge is 0.112 e. The van der Waals surface area contributed by atoms with E-state index in [9.17, 15) is 0 Å². The van der Waals surface area contributed by atoms with Crippen molar-refractivity contribution in [1.82, 2.24) is 9.55 Å². The molecule has 1 aliphatic carbocycles. The SMILES string of the molecule is ClCCCn1c(C2CCCCC2)nc2ccccc21. The summed E-state index contributed by atoms with van der Waals surface area (Å²) < 4.78 is 2.41. The molecule has 2 nitrogen and oxygen atoms in total. The first kappa shape index (κ1) is 13.0. The lowest BCUT2D eigenvalue weighted by Gasteiger charge is -2.22. The van der Waals surface area contributed by atoms with E-state index in [4.69, 9.17) is 16.6 Å². The zero-order chi connectivity index (χ0) is 13.1. The number of aryl methyl sites for hydroxylation is 1. The van der Waals surface area contributed by atoms with Crippen molar-refractivity contribution >= 4 is 22.6 Å². The van der Waals surface area contributed by atoms with Gasteiger partial charge in [0.05, 0.1) is 11.0 Å². The standard InChI is InChI=1S/C16H21ClN2/c17-11-6-12-19-15-10-5-4-9-14(15)18-16(19)13-7-2-1-3-8-13/h4-5,9-10,13H,1-3,6-8,11-12H2. The molecule has 1 saturated carbocycles. The molecule has 3 rings (SSSR count). The first-order valence-electron chi connectivity index (χ1n) is 7.41. The number of halogens is 1. The Bertz CT molecular complexity index is 541. The van der Waals surface area contributed by atoms with Gasteiger partial charge in [-0.3, -0.25) is 0 Å². The number of alkyl halides is 1. The number of hydrogen-bond donors (Lipinski definition) is 0. The van der Waals surface area contributed by atoms with Crippen LogP contribution < -0.4 is 0 Å². The zero-order valence-corrected chi connectivity index (χ0v) is 12.1. The van der Waals surface area contributed by atoms with Gasteiger partial charge in [0.25, 0.3) is 0 Å². The second-order valence-electron chi connectivity index (χ2n) is 5.49. The van der Waals surface area contributed by atoms with Crippen molar-refractivity contribution in [3.8, 4) is 0 Å². The number of nitrogens with zero attached hydrogens (tertiary/aromatic N) is 2. The summed E-state index contributed by atoms with van der Waals surface area (Å²) in [6.07, 6.45) is 7.70. The quantitative estimate of drug-likeness (QED) is 0.739. The summed E-state index contributed by atoms with van der Waals surface area (Å²) in [5, 5.41) is 0. The summed E-state index contributed by atoms with van der Waals surface area (Å²) in [7, 11) is 0. The van der Waals surface area contributed by atoms with Crippen LogP contribution in [0, 0.1) is 0 Å². The van der Waals surface area contributed by atoms with Gasteiger partial charge in [-0.2, -0.15) is 0 Å². The third-order valence-corrected chi connectivity index (χ3v) is 4.44. The molecule has 1 aromatic carbocycles. The van der Waals surface area contributed by atoms with E-state index < -0.39 is 0 Å². The zero-order valence-electron chi connectivity index (χ0n) is 11.3. The van der Waals surface area contributed by atoms with Gasteiger partial charge in [-0.05, 0) is 31.4 Å². The third-order valence-electron chi connectivity index (χ3n) is 4.17. The molecule has 0 aliphatic heterocycles. The van der Waals surface area contributed by atoms with Crippen molar-refractivity contribution in [3.63, 3.8) is 0 Å². The maximum Gasteiger partial charge on any atom is 0.112 e. The lowest BCUT2D eigenvalue weighted by molar-refractivity contribution is 0.416. The molecular weight excluding hydrogens is 256 g/mol. The van der Waals surface area contributed by atoms with Gasteiger partial charge in [0.1, 0.15) is 5.82 Å². The van der Waals surface area contributed by atoms with Gasteiger partial charge in [-0.25, -0.2) is 4.98 Å². The summed E-state index contributed by atoms with van der Waals surface area (Å²) in [5.74, 6) is 2.67. The highest BCUT2D eigenvalue weighted by atomic mass is 35.5. The van der Waals surface area contributed by atoms with Crippen LogP contribution in [-0.4, -0.2) is 15.4 Å². The van der Waals surface area contributed by atoms with Crippen molar-refractivity contribution in [1.29, 1.82) is 0 Å². The maximum absolute atomic E-state index is 5.87. The molecule has 1 fully saturated rings. The van der Waals surface area contributed by atoms with Crippen LogP contribution in [0.3, 0.4) is 0 Å². The van der Waals surface area contributed by atoms with E-state index in [1.807, 2.05) is 0 Å². The van der Waals surface area contributed by atoms with Crippen LogP contribution >= 0.6 is 11.6 Å². The Morgan fingerprint density at radius 3 is 2.74 bits per heavy atom. The molecule has 0 saturated heterocycles. The summed E-state index contributed by atoms with van der Waals surface area (Å²) in [5.41, 5.74) is 2.41. The fraction of sp³-hybridized carbons (Fsp3) is 0.562. The van der Waals surface area contributed by atoms with Gasteiger partial charge in [-0.1, -0.05) is 31.4 Å². The van der Waals surface area contributed by atoms with E-state index in [0.717, 1.165) is 24.4 Å². The first-order chi connectivity index (χ1) is 9.40. The lowest BCUT2D eigenvalue weighted by Crippen LogP contribution is -2.12. The molecule has 1 aliphatic rings. The molecule has 0 radical (unpaired) electrons. The predicted molar refractivity (Wildman–Crippen MR) is 80.9 cm³/mol. The Balaban J connectivity index is 2.00. The fourth-order valence-corrected chi connectivity index (χ4v) is 3.34. The Kier molecular flexibility index (Phi) is 4.07. The highest BCUT2D eigenvalue weighted by Crippen LogP contribution is 2.34. The van der Waals surface area contributed by atoms with Crippen molar-refractivity contribution < 1.29 is 0 Å². The van der Waals surface area contributed by atoms with Gasteiger partial charge in [0.2, 0.25) is 0 Å². The first-order valence-corrected chi connectivity index (χ1v) is 7.94. The molecule has 3 heteroatoms. The molecule has 0 atom stereocenters. The van der Waals surface area contributed by atoms with Crippen LogP contribution in [0.1, 0.15) is 50.3 Å². The van der Waals surface area contributed by atoms with Crippen LogP contribution in [0.5, 0.6) is 0 Å². The number of benzene rings is 1. The van der Waals surface area contributed by atoms with E-state index in [-0.39, 0.29) is 0 Å². The highest BCUT2D eigenvalue weighted by molar-refractivity contribution is 6.17. The average molecular weight is 277 g/mol. The van der Waals surface area contributed by atoms with Crippen molar-refractivity contribution in [2.45, 2.75) is 51.0 Å². The molecular formula is C16H21ClN2. The van der Waals surface area contributed by atoms with Gasteiger partial charge in [0.15, 0.2) is 0 Å². The fourth-order valence-electron chi connectivity index (χ4n) is 3.22. The van der Waals surface area contributed by atoms with Crippen molar-refractivity contribution in [3.05, 3.63) is 30.1 Å². The molecule has 2 aromatic rings. The Morgan fingerprint density at radius 2 is 1.95 bits per heavy atom. The van der Waals surface area contributed by atoms with E-state index in [1.165, 1.54) is 43.4 Å². The molecule has 19 heavy (non-hydrogen) atoms. The van der Waals surface area contributed by atoms with Gasteiger partial charge < -0.3 is 4.57 Å². The maximum atomic E-state index is 5.87. The minimum Gasteiger partial charge on any atom is -0.328 e. The van der Waals surface area contributed by atoms with Gasteiger partial charge >= 0.3 is 0 Å². The molecule has 0 bridgehead atoms. The number of imidazole rings is 1. The van der Waals surface area contributed by atoms with Crippen LogP contribution in [0.15, 0.2) is 24.3 Å². The summed E-state index contributed by atoms with van der Waals surface area (Å²) in [6.45, 7) is 0.996. The van der Waals surface area contributed by atoms with Crippen LogP contribution in [-0.2, 0) is 6.54 Å². The molecule has 0 amide bonds. The number of rotatable bonds is 4. The minimum atomic E-state index is 0.650. The van der Waals surface area contributed by atoms with Crippen LogP contribution in [0.2, 0.25) is 0 Å². The summed E-state index contributed by atoms with van der Waals surface area (Å²) in [4.78, 5) is 4.91.